The van der Waals surface area contributed by atoms with Crippen LogP contribution in [0.5, 0.6) is 0 Å². The lowest BCUT2D eigenvalue weighted by Gasteiger charge is -2.26. The highest BCUT2D eigenvalue weighted by Gasteiger charge is 2.22. The van der Waals surface area contributed by atoms with E-state index in [4.69, 9.17) is 4.42 Å². The molecule has 9 aromatic carbocycles. The molecule has 0 spiro atoms. The van der Waals surface area contributed by atoms with Gasteiger partial charge in [0.25, 0.3) is 0 Å². The molecule has 0 aliphatic rings. The highest BCUT2D eigenvalue weighted by molar-refractivity contribution is 6.24. The lowest BCUT2D eigenvalue weighted by Crippen LogP contribution is -2.10. The number of rotatable bonds is 7. The summed E-state index contributed by atoms with van der Waals surface area (Å²) in [5.74, 6) is 0. The van der Waals surface area contributed by atoms with Crippen LogP contribution in [0.3, 0.4) is 0 Å². The monoisotopic (exact) mass is 689 g/mol. The summed E-state index contributed by atoms with van der Waals surface area (Å²) in [6.45, 7) is 0. The van der Waals surface area contributed by atoms with Crippen LogP contribution in [0.2, 0.25) is 0 Å². The van der Waals surface area contributed by atoms with Crippen molar-refractivity contribution >= 4 is 49.8 Å². The number of anilines is 3. The second kappa shape index (κ2) is 13.4. The quantitative estimate of drug-likeness (QED) is 0.166. The third kappa shape index (κ3) is 5.62. The van der Waals surface area contributed by atoms with Gasteiger partial charge in [-0.2, -0.15) is 0 Å². The van der Waals surface area contributed by atoms with Gasteiger partial charge in [-0.15, -0.1) is 0 Å². The summed E-state index contributed by atoms with van der Waals surface area (Å²) in [6, 6.07) is 75.6. The second-order valence-corrected chi connectivity index (χ2v) is 13.7. The highest BCUT2D eigenvalue weighted by atomic mass is 16.3. The van der Waals surface area contributed by atoms with Gasteiger partial charge in [-0.1, -0.05) is 170 Å². The predicted molar refractivity (Wildman–Crippen MR) is 228 cm³/mol. The molecule has 54 heavy (non-hydrogen) atoms. The Morgan fingerprint density at radius 1 is 0.315 bits per heavy atom. The van der Waals surface area contributed by atoms with E-state index in [1.165, 1.54) is 33.0 Å². The summed E-state index contributed by atoms with van der Waals surface area (Å²) in [5.41, 5.74) is 14.1. The maximum atomic E-state index is 7.12. The van der Waals surface area contributed by atoms with Gasteiger partial charge in [0.1, 0.15) is 5.58 Å². The molecule has 1 heterocycles. The molecule has 0 aliphatic heterocycles. The number of hydrogen-bond acceptors (Lipinski definition) is 2. The molecule has 0 amide bonds. The number of para-hydroxylation sites is 1. The first-order valence-corrected chi connectivity index (χ1v) is 18.4. The Morgan fingerprint density at radius 3 is 1.52 bits per heavy atom. The fourth-order valence-corrected chi connectivity index (χ4v) is 7.84. The van der Waals surface area contributed by atoms with E-state index in [0.29, 0.717) is 0 Å². The molecule has 2 nitrogen and oxygen atoms in total. The zero-order valence-electron chi connectivity index (χ0n) is 29.6. The summed E-state index contributed by atoms with van der Waals surface area (Å²) in [4.78, 5) is 2.34. The average molecular weight is 690 g/mol. The zero-order chi connectivity index (χ0) is 35.8. The maximum absolute atomic E-state index is 7.12. The number of furan rings is 1. The molecule has 2 heteroatoms. The minimum absolute atomic E-state index is 0.853. The lowest BCUT2D eigenvalue weighted by atomic mass is 9.96. The molecule has 1 aromatic heterocycles. The summed E-state index contributed by atoms with van der Waals surface area (Å²) in [6.07, 6.45) is 0. The average Bonchev–Trinajstić information content (AvgIpc) is 3.66. The molecule has 0 fully saturated rings. The Bertz CT molecular complexity index is 2910. The van der Waals surface area contributed by atoms with E-state index < -0.39 is 0 Å². The van der Waals surface area contributed by atoms with E-state index in [1.54, 1.807) is 0 Å². The molecule has 10 aromatic rings. The van der Waals surface area contributed by atoms with Crippen molar-refractivity contribution in [2.75, 3.05) is 4.90 Å². The molecule has 0 bridgehead atoms. The number of nitrogens with zero attached hydrogens (tertiary/aromatic N) is 1. The van der Waals surface area contributed by atoms with Crippen molar-refractivity contribution in [2.24, 2.45) is 0 Å². The SMILES string of the molecule is c1ccc(-c2cccc(-c3ccc(N(c4cccc(-c5ccccc5)c4)c4cccc5c4oc4c(-c6ccccc6)cc6ccccc6c45)cc3)c2)cc1. The van der Waals surface area contributed by atoms with Gasteiger partial charge in [0, 0.05) is 27.7 Å². The normalized spacial score (nSPS) is 11.3. The van der Waals surface area contributed by atoms with Crippen molar-refractivity contribution in [3.8, 4) is 44.5 Å². The molecule has 0 saturated carbocycles. The molecule has 0 aliphatic carbocycles. The topological polar surface area (TPSA) is 16.4 Å². The van der Waals surface area contributed by atoms with Crippen LogP contribution in [0, 0.1) is 0 Å². The largest absolute Gasteiger partial charge is 0.453 e. The molecule has 254 valence electrons. The first-order valence-electron chi connectivity index (χ1n) is 18.4. The standard InChI is InChI=1S/C52H35NO/c1-4-15-36(16-5-1)40-22-12-23-41(33-40)38-29-31-44(32-30-38)53(45-25-13-24-42(34-45)37-17-6-2-7-18-37)49-28-14-27-47-50-46-26-11-10-21-43(46)35-48(52(50)54-51(47)49)39-19-8-3-9-20-39/h1-35H. The molecule has 0 N–H and O–H groups in total. The molecule has 10 rings (SSSR count). The third-order valence-corrected chi connectivity index (χ3v) is 10.4. The zero-order valence-corrected chi connectivity index (χ0v) is 29.6. The van der Waals surface area contributed by atoms with Gasteiger partial charge in [-0.3, -0.25) is 0 Å². The van der Waals surface area contributed by atoms with Gasteiger partial charge < -0.3 is 9.32 Å². The van der Waals surface area contributed by atoms with Gasteiger partial charge in [-0.05, 0) is 92.2 Å². The lowest BCUT2D eigenvalue weighted by molar-refractivity contribution is 0.670. The van der Waals surface area contributed by atoms with Crippen LogP contribution < -0.4 is 4.90 Å². The highest BCUT2D eigenvalue weighted by Crippen LogP contribution is 2.47. The molecule has 0 unspecified atom stereocenters. The van der Waals surface area contributed by atoms with Gasteiger partial charge in [0.2, 0.25) is 0 Å². The molecule has 0 saturated heterocycles. The fraction of sp³-hybridized carbons (Fsp3) is 0. The Labute approximate surface area is 314 Å². The summed E-state index contributed by atoms with van der Waals surface area (Å²) >= 11 is 0. The number of fused-ring (bicyclic) bond motifs is 5. The van der Waals surface area contributed by atoms with Crippen molar-refractivity contribution in [2.45, 2.75) is 0 Å². The molecule has 0 radical (unpaired) electrons. The molecular weight excluding hydrogens is 655 g/mol. The minimum atomic E-state index is 0.853. The Morgan fingerprint density at radius 2 is 0.833 bits per heavy atom. The van der Waals surface area contributed by atoms with Crippen LogP contribution >= 0.6 is 0 Å². The van der Waals surface area contributed by atoms with E-state index in [9.17, 15) is 0 Å². The van der Waals surface area contributed by atoms with E-state index in [2.05, 4.69) is 217 Å². The van der Waals surface area contributed by atoms with Crippen LogP contribution in [0.15, 0.2) is 217 Å². The van der Waals surface area contributed by atoms with Gasteiger partial charge in [0.15, 0.2) is 5.58 Å². The van der Waals surface area contributed by atoms with Crippen LogP contribution in [0.1, 0.15) is 0 Å². The van der Waals surface area contributed by atoms with Gasteiger partial charge in [-0.25, -0.2) is 0 Å². The van der Waals surface area contributed by atoms with Crippen LogP contribution in [-0.2, 0) is 0 Å². The van der Waals surface area contributed by atoms with Crippen molar-refractivity contribution in [3.05, 3.63) is 212 Å². The fourth-order valence-electron chi connectivity index (χ4n) is 7.84. The third-order valence-electron chi connectivity index (χ3n) is 10.4. The Kier molecular flexibility index (Phi) is 7.85. The van der Waals surface area contributed by atoms with Crippen molar-refractivity contribution in [1.82, 2.24) is 0 Å². The van der Waals surface area contributed by atoms with Gasteiger partial charge in [0.05, 0.1) is 5.69 Å². The Balaban J connectivity index is 1.17. The van der Waals surface area contributed by atoms with E-state index >= 15 is 0 Å². The molecule has 0 atom stereocenters. The first kappa shape index (κ1) is 31.6. The smallest absolute Gasteiger partial charge is 0.159 e. The maximum Gasteiger partial charge on any atom is 0.159 e. The predicted octanol–water partition coefficient (Wildman–Crippen LogP) is 14.9. The van der Waals surface area contributed by atoms with Crippen molar-refractivity contribution in [1.29, 1.82) is 0 Å². The van der Waals surface area contributed by atoms with Crippen LogP contribution in [0.25, 0.3) is 77.2 Å². The van der Waals surface area contributed by atoms with E-state index in [-0.39, 0.29) is 0 Å². The van der Waals surface area contributed by atoms with Crippen molar-refractivity contribution < 1.29 is 4.42 Å². The summed E-state index contributed by atoms with van der Waals surface area (Å²) < 4.78 is 7.12. The van der Waals surface area contributed by atoms with Crippen molar-refractivity contribution in [3.63, 3.8) is 0 Å². The van der Waals surface area contributed by atoms with Gasteiger partial charge >= 0.3 is 0 Å². The van der Waals surface area contributed by atoms with Crippen LogP contribution in [-0.4, -0.2) is 0 Å². The second-order valence-electron chi connectivity index (χ2n) is 13.7. The van der Waals surface area contributed by atoms with E-state index in [1.807, 2.05) is 0 Å². The summed E-state index contributed by atoms with van der Waals surface area (Å²) in [5, 5.41) is 4.60. The van der Waals surface area contributed by atoms with Crippen LogP contribution in [0.4, 0.5) is 17.1 Å². The number of hydrogen-bond donors (Lipinski definition) is 0. The van der Waals surface area contributed by atoms with E-state index in [0.717, 1.165) is 61.3 Å². The minimum Gasteiger partial charge on any atom is -0.453 e. The number of benzene rings is 9. The first-order chi connectivity index (χ1) is 26.8. The summed E-state index contributed by atoms with van der Waals surface area (Å²) in [7, 11) is 0. The molecular formula is C52H35NO. The Hall–Kier alpha value is -7.16.